The van der Waals surface area contributed by atoms with Crippen LogP contribution < -0.4 is 10.6 Å². The Labute approximate surface area is 151 Å². The molecule has 0 amide bonds. The van der Waals surface area contributed by atoms with Gasteiger partial charge in [0, 0.05) is 11.9 Å². The van der Waals surface area contributed by atoms with Gasteiger partial charge in [0.2, 0.25) is 5.95 Å². The average Bonchev–Trinajstić information content (AvgIpc) is 2.63. The topological polar surface area (TPSA) is 73.6 Å². The van der Waals surface area contributed by atoms with Crippen LogP contribution in [0.2, 0.25) is 0 Å². The van der Waals surface area contributed by atoms with Crippen LogP contribution in [0.4, 0.5) is 40.7 Å². The van der Waals surface area contributed by atoms with E-state index in [0.29, 0.717) is 11.9 Å². The lowest BCUT2D eigenvalue weighted by molar-refractivity contribution is -0.137. The second-order valence-corrected chi connectivity index (χ2v) is 5.37. The second-order valence-electron chi connectivity index (χ2n) is 5.37. The third kappa shape index (κ3) is 4.30. The number of halogens is 4. The minimum absolute atomic E-state index is 0.119. The number of rotatable bonds is 4. The fourth-order valence-electron chi connectivity index (χ4n) is 2.22. The highest BCUT2D eigenvalue weighted by atomic mass is 19.4. The zero-order valence-electron chi connectivity index (χ0n) is 13.5. The van der Waals surface area contributed by atoms with E-state index in [4.69, 9.17) is 5.26 Å². The second kappa shape index (κ2) is 7.29. The molecule has 0 spiro atoms. The Balaban J connectivity index is 1.98. The highest BCUT2D eigenvalue weighted by molar-refractivity contribution is 5.67. The summed E-state index contributed by atoms with van der Waals surface area (Å²) < 4.78 is 52.8. The van der Waals surface area contributed by atoms with E-state index in [1.165, 1.54) is 36.4 Å². The van der Waals surface area contributed by atoms with Gasteiger partial charge in [-0.1, -0.05) is 12.1 Å². The molecular formula is C18H11F4N5. The maximum Gasteiger partial charge on any atom is 0.421 e. The summed E-state index contributed by atoms with van der Waals surface area (Å²) in [4.78, 5) is 7.54. The van der Waals surface area contributed by atoms with Crippen molar-refractivity contribution in [1.82, 2.24) is 9.97 Å². The Morgan fingerprint density at radius 3 is 2.33 bits per heavy atom. The molecule has 0 atom stereocenters. The maximum atomic E-state index is 13.3. The third-order valence-corrected chi connectivity index (χ3v) is 3.50. The number of nitrogens with one attached hydrogen (secondary N) is 2. The molecular weight excluding hydrogens is 362 g/mol. The zero-order valence-corrected chi connectivity index (χ0v) is 13.5. The smallest absolute Gasteiger partial charge is 0.338 e. The predicted molar refractivity (Wildman–Crippen MR) is 91.2 cm³/mol. The first-order valence-electron chi connectivity index (χ1n) is 7.60. The van der Waals surface area contributed by atoms with Gasteiger partial charge in [-0.25, -0.2) is 9.37 Å². The summed E-state index contributed by atoms with van der Waals surface area (Å²) in [7, 11) is 0. The average molecular weight is 373 g/mol. The molecule has 27 heavy (non-hydrogen) atoms. The number of benzene rings is 2. The van der Waals surface area contributed by atoms with Crippen molar-refractivity contribution in [3.05, 3.63) is 71.7 Å². The van der Waals surface area contributed by atoms with Crippen molar-refractivity contribution < 1.29 is 17.6 Å². The van der Waals surface area contributed by atoms with E-state index >= 15 is 0 Å². The van der Waals surface area contributed by atoms with Crippen molar-refractivity contribution in [3.8, 4) is 6.07 Å². The molecule has 5 nitrogen and oxygen atoms in total. The lowest BCUT2D eigenvalue weighted by Crippen LogP contribution is -2.13. The zero-order chi connectivity index (χ0) is 19.4. The van der Waals surface area contributed by atoms with Gasteiger partial charge in [0.25, 0.3) is 0 Å². The van der Waals surface area contributed by atoms with Crippen LogP contribution in [0.25, 0.3) is 0 Å². The predicted octanol–water partition coefficient (Wildman–Crippen LogP) is 4.99. The Kier molecular flexibility index (Phi) is 4.90. The van der Waals surface area contributed by atoms with E-state index < -0.39 is 23.4 Å². The standard InChI is InChI=1S/C18H11F4N5/c19-12-5-7-13(8-6-12)25-17-24-10-14(18(20,21)22)16(27-17)26-15-4-2-1-3-11(15)9-23/h1-8,10H,(H2,24,25,26,27). The molecule has 0 saturated carbocycles. The van der Waals surface area contributed by atoms with Crippen LogP contribution in [0.5, 0.6) is 0 Å². The van der Waals surface area contributed by atoms with Crippen LogP contribution in [0.15, 0.2) is 54.7 Å². The quantitative estimate of drug-likeness (QED) is 0.630. The van der Waals surface area contributed by atoms with Gasteiger partial charge < -0.3 is 10.6 Å². The van der Waals surface area contributed by atoms with Crippen LogP contribution in [0.3, 0.4) is 0 Å². The van der Waals surface area contributed by atoms with Gasteiger partial charge in [-0.05, 0) is 36.4 Å². The molecule has 0 aliphatic carbocycles. The monoisotopic (exact) mass is 373 g/mol. The highest BCUT2D eigenvalue weighted by Crippen LogP contribution is 2.35. The largest absolute Gasteiger partial charge is 0.421 e. The van der Waals surface area contributed by atoms with Crippen LogP contribution in [-0.4, -0.2) is 9.97 Å². The van der Waals surface area contributed by atoms with Gasteiger partial charge in [0.05, 0.1) is 11.3 Å². The molecule has 0 aliphatic rings. The lowest BCUT2D eigenvalue weighted by Gasteiger charge is -2.15. The molecule has 0 unspecified atom stereocenters. The number of nitriles is 1. The summed E-state index contributed by atoms with van der Waals surface area (Å²) in [5, 5.41) is 14.4. The number of para-hydroxylation sites is 1. The molecule has 1 heterocycles. The Hall–Kier alpha value is -3.67. The normalized spacial score (nSPS) is 10.9. The lowest BCUT2D eigenvalue weighted by atomic mass is 10.2. The van der Waals surface area contributed by atoms with Gasteiger partial charge in [0.1, 0.15) is 23.3 Å². The number of nitrogens with zero attached hydrogens (tertiary/aromatic N) is 3. The van der Waals surface area contributed by atoms with Crippen LogP contribution in [0.1, 0.15) is 11.1 Å². The maximum absolute atomic E-state index is 13.3. The number of hydrogen-bond acceptors (Lipinski definition) is 5. The summed E-state index contributed by atoms with van der Waals surface area (Å²) in [5.41, 5.74) is -0.339. The number of alkyl halides is 3. The van der Waals surface area contributed by atoms with Crippen molar-refractivity contribution in [1.29, 1.82) is 5.26 Å². The molecule has 0 bridgehead atoms. The Morgan fingerprint density at radius 2 is 1.67 bits per heavy atom. The first-order chi connectivity index (χ1) is 12.9. The van der Waals surface area contributed by atoms with E-state index in [0.717, 1.165) is 0 Å². The summed E-state index contributed by atoms with van der Waals surface area (Å²) in [6.45, 7) is 0. The van der Waals surface area contributed by atoms with E-state index in [2.05, 4.69) is 20.6 Å². The minimum atomic E-state index is -4.70. The fourth-order valence-corrected chi connectivity index (χ4v) is 2.22. The van der Waals surface area contributed by atoms with Crippen molar-refractivity contribution in [2.24, 2.45) is 0 Å². The van der Waals surface area contributed by atoms with Gasteiger partial charge in [0.15, 0.2) is 0 Å². The molecule has 2 N–H and O–H groups in total. The van der Waals surface area contributed by atoms with Gasteiger partial charge in [-0.2, -0.15) is 23.4 Å². The van der Waals surface area contributed by atoms with Crippen LogP contribution in [0, 0.1) is 17.1 Å². The summed E-state index contributed by atoms with van der Waals surface area (Å²) in [5.74, 6) is -1.08. The van der Waals surface area contributed by atoms with Crippen molar-refractivity contribution in [3.63, 3.8) is 0 Å². The first kappa shape index (κ1) is 18.1. The molecule has 0 aliphatic heterocycles. The van der Waals surface area contributed by atoms with Crippen LogP contribution >= 0.6 is 0 Å². The van der Waals surface area contributed by atoms with E-state index in [1.54, 1.807) is 12.1 Å². The molecule has 9 heteroatoms. The van der Waals surface area contributed by atoms with Gasteiger partial charge in [-0.3, -0.25) is 0 Å². The summed E-state index contributed by atoms with van der Waals surface area (Å²) in [6, 6.07) is 13.2. The third-order valence-electron chi connectivity index (χ3n) is 3.50. The molecule has 136 valence electrons. The fraction of sp³-hybridized carbons (Fsp3) is 0.0556. The Bertz CT molecular complexity index is 994. The minimum Gasteiger partial charge on any atom is -0.338 e. The molecule has 0 fully saturated rings. The SMILES string of the molecule is N#Cc1ccccc1Nc1nc(Nc2ccc(F)cc2)ncc1C(F)(F)F. The molecule has 3 rings (SSSR count). The molecule has 0 radical (unpaired) electrons. The number of anilines is 4. The van der Waals surface area contributed by atoms with E-state index in [1.807, 2.05) is 6.07 Å². The molecule has 1 aromatic heterocycles. The summed E-state index contributed by atoms with van der Waals surface area (Å²) in [6.07, 6.45) is -4.06. The Morgan fingerprint density at radius 1 is 0.963 bits per heavy atom. The highest BCUT2D eigenvalue weighted by Gasteiger charge is 2.35. The van der Waals surface area contributed by atoms with Gasteiger partial charge >= 0.3 is 6.18 Å². The molecule has 3 aromatic rings. The molecule has 2 aromatic carbocycles. The number of aromatic nitrogens is 2. The summed E-state index contributed by atoms with van der Waals surface area (Å²) >= 11 is 0. The van der Waals surface area contributed by atoms with Gasteiger partial charge in [-0.15, -0.1) is 0 Å². The van der Waals surface area contributed by atoms with Crippen LogP contribution in [-0.2, 0) is 6.18 Å². The molecule has 0 saturated heterocycles. The first-order valence-corrected chi connectivity index (χ1v) is 7.60. The van der Waals surface area contributed by atoms with Crippen molar-refractivity contribution in [2.75, 3.05) is 10.6 Å². The van der Waals surface area contributed by atoms with Crippen molar-refractivity contribution in [2.45, 2.75) is 6.18 Å². The van der Waals surface area contributed by atoms with Crippen molar-refractivity contribution >= 4 is 23.1 Å². The number of hydrogen-bond donors (Lipinski definition) is 2. The van der Waals surface area contributed by atoms with E-state index in [-0.39, 0.29) is 17.2 Å². The van der Waals surface area contributed by atoms with E-state index in [9.17, 15) is 17.6 Å².